The molecule has 0 unspecified atom stereocenters. The molecule has 0 radical (unpaired) electrons. The first-order valence-electron chi connectivity index (χ1n) is 12.8. The highest BCUT2D eigenvalue weighted by atomic mass is 35.5. The smallest absolute Gasteiger partial charge is 0.224 e. The molecule has 0 saturated heterocycles. The first kappa shape index (κ1) is 26.6. The molecule has 4 aromatic rings. The largest absolute Gasteiger partial charge is 0.497 e. The van der Waals surface area contributed by atoms with Crippen LogP contribution in [0.2, 0.25) is 5.02 Å². The van der Waals surface area contributed by atoms with E-state index in [-0.39, 0.29) is 5.91 Å². The van der Waals surface area contributed by atoms with Crippen molar-refractivity contribution in [1.29, 1.82) is 0 Å². The number of carbonyl (C=O) groups excluding carboxylic acids is 1. The molecule has 194 valence electrons. The highest BCUT2D eigenvalue weighted by Gasteiger charge is 2.11. The second-order valence-electron chi connectivity index (χ2n) is 8.98. The SMILES string of the molecule is COc1cccc(OCCCn2c(CCCCCNC(=O)Cc3ccccc3Cl)nc3ccccc32)c1. The molecule has 4 rings (SSSR count). The molecule has 1 amide bonds. The maximum Gasteiger partial charge on any atom is 0.224 e. The lowest BCUT2D eigenvalue weighted by molar-refractivity contribution is -0.120. The van der Waals surface area contributed by atoms with Gasteiger partial charge in [0.1, 0.15) is 17.3 Å². The number of imidazole rings is 1. The van der Waals surface area contributed by atoms with Crippen molar-refractivity contribution in [3.8, 4) is 11.5 Å². The third-order valence-corrected chi connectivity index (χ3v) is 6.65. The highest BCUT2D eigenvalue weighted by molar-refractivity contribution is 6.31. The van der Waals surface area contributed by atoms with Crippen LogP contribution in [-0.2, 0) is 24.2 Å². The predicted molar refractivity (Wildman–Crippen MR) is 149 cm³/mol. The second kappa shape index (κ2) is 13.7. The summed E-state index contributed by atoms with van der Waals surface area (Å²) in [6.45, 7) is 2.13. The third-order valence-electron chi connectivity index (χ3n) is 6.28. The van der Waals surface area contributed by atoms with Crippen LogP contribution in [0.1, 0.15) is 37.1 Å². The molecule has 1 aromatic heterocycles. The Bertz CT molecular complexity index is 1300. The van der Waals surface area contributed by atoms with Gasteiger partial charge < -0.3 is 19.4 Å². The van der Waals surface area contributed by atoms with E-state index in [0.717, 1.165) is 72.6 Å². The number of aromatic nitrogens is 2. The van der Waals surface area contributed by atoms with Gasteiger partial charge in [-0.3, -0.25) is 4.79 Å². The van der Waals surface area contributed by atoms with Crippen LogP contribution >= 0.6 is 11.6 Å². The monoisotopic (exact) mass is 519 g/mol. The Labute approximate surface area is 223 Å². The molecule has 0 fully saturated rings. The summed E-state index contributed by atoms with van der Waals surface area (Å²) in [5.74, 6) is 2.71. The number of nitrogens with zero attached hydrogens (tertiary/aromatic N) is 2. The summed E-state index contributed by atoms with van der Waals surface area (Å²) < 4.78 is 13.5. The van der Waals surface area contributed by atoms with Crippen LogP contribution in [0.15, 0.2) is 72.8 Å². The molecule has 6 nitrogen and oxygen atoms in total. The van der Waals surface area contributed by atoms with E-state index in [1.165, 1.54) is 0 Å². The number of carbonyl (C=O) groups is 1. The Hall–Kier alpha value is -3.51. The maximum atomic E-state index is 12.2. The van der Waals surface area contributed by atoms with Gasteiger partial charge in [-0.2, -0.15) is 0 Å². The summed E-state index contributed by atoms with van der Waals surface area (Å²) in [5, 5.41) is 3.64. The zero-order valence-corrected chi connectivity index (χ0v) is 22.0. The Morgan fingerprint density at radius 1 is 0.946 bits per heavy atom. The zero-order chi connectivity index (χ0) is 25.9. The van der Waals surface area contributed by atoms with E-state index in [1.807, 2.05) is 54.6 Å². The van der Waals surface area contributed by atoms with Crippen LogP contribution < -0.4 is 14.8 Å². The van der Waals surface area contributed by atoms with Crippen LogP contribution in [0.5, 0.6) is 11.5 Å². The molecule has 0 bridgehead atoms. The summed E-state index contributed by atoms with van der Waals surface area (Å²) in [6, 6.07) is 23.4. The van der Waals surface area contributed by atoms with Gasteiger partial charge in [0.25, 0.3) is 0 Å². The van der Waals surface area contributed by atoms with Crippen molar-refractivity contribution in [1.82, 2.24) is 14.9 Å². The van der Waals surface area contributed by atoms with Crippen LogP contribution in [0.25, 0.3) is 11.0 Å². The number of unbranched alkanes of at least 4 members (excludes halogenated alkanes) is 2. The number of halogens is 1. The van der Waals surface area contributed by atoms with Gasteiger partial charge in [-0.25, -0.2) is 4.98 Å². The lowest BCUT2D eigenvalue weighted by Gasteiger charge is -2.11. The first-order chi connectivity index (χ1) is 18.1. The topological polar surface area (TPSA) is 65.4 Å². The van der Waals surface area contributed by atoms with E-state index in [9.17, 15) is 4.79 Å². The molecule has 0 saturated carbocycles. The van der Waals surface area contributed by atoms with E-state index in [4.69, 9.17) is 26.1 Å². The predicted octanol–water partition coefficient (Wildman–Crippen LogP) is 6.24. The Morgan fingerprint density at radius 2 is 1.76 bits per heavy atom. The minimum atomic E-state index is 0.00561. The number of amides is 1. The second-order valence-corrected chi connectivity index (χ2v) is 9.39. The maximum absolute atomic E-state index is 12.2. The number of para-hydroxylation sites is 2. The third kappa shape index (κ3) is 7.73. The van der Waals surface area contributed by atoms with E-state index < -0.39 is 0 Å². The minimum Gasteiger partial charge on any atom is -0.497 e. The van der Waals surface area contributed by atoms with E-state index in [0.29, 0.717) is 24.6 Å². The summed E-state index contributed by atoms with van der Waals surface area (Å²) in [7, 11) is 1.66. The van der Waals surface area contributed by atoms with Crippen LogP contribution in [0.3, 0.4) is 0 Å². The molecule has 0 spiro atoms. The molecule has 0 aliphatic carbocycles. The van der Waals surface area contributed by atoms with Gasteiger partial charge in [-0.15, -0.1) is 0 Å². The van der Waals surface area contributed by atoms with Gasteiger partial charge in [-0.1, -0.05) is 54.4 Å². The molecule has 7 heteroatoms. The summed E-state index contributed by atoms with van der Waals surface area (Å²) in [4.78, 5) is 17.1. The van der Waals surface area contributed by atoms with Crippen molar-refractivity contribution >= 4 is 28.5 Å². The van der Waals surface area contributed by atoms with Crippen molar-refractivity contribution < 1.29 is 14.3 Å². The van der Waals surface area contributed by atoms with Crippen molar-refractivity contribution in [2.45, 2.75) is 45.1 Å². The van der Waals surface area contributed by atoms with Crippen LogP contribution in [-0.4, -0.2) is 35.7 Å². The average Bonchev–Trinajstić information content (AvgIpc) is 3.27. The molecule has 37 heavy (non-hydrogen) atoms. The fourth-order valence-corrected chi connectivity index (χ4v) is 4.56. The molecule has 1 heterocycles. The molecule has 0 aliphatic heterocycles. The number of aryl methyl sites for hydroxylation is 2. The van der Waals surface area contributed by atoms with Gasteiger partial charge in [0.15, 0.2) is 0 Å². The standard InChI is InChI=1S/C30H34ClN3O3/c1-36-24-12-9-13-25(22-24)37-20-10-19-34-28-16-7-6-15-27(28)33-29(34)17-3-2-8-18-32-30(35)21-23-11-4-5-14-26(23)31/h4-7,9,11-16,22H,2-3,8,10,17-21H2,1H3,(H,32,35). The Balaban J connectivity index is 1.22. The fraction of sp³-hybridized carbons (Fsp3) is 0.333. The molecule has 1 N–H and O–H groups in total. The van der Waals surface area contributed by atoms with Gasteiger partial charge in [-0.05, 0) is 55.2 Å². The molecular weight excluding hydrogens is 486 g/mol. The average molecular weight is 520 g/mol. The van der Waals surface area contributed by atoms with Crippen LogP contribution in [0.4, 0.5) is 0 Å². The Kier molecular flexibility index (Phi) is 9.83. The van der Waals surface area contributed by atoms with Gasteiger partial charge in [0, 0.05) is 30.6 Å². The quantitative estimate of drug-likeness (QED) is 0.200. The highest BCUT2D eigenvalue weighted by Crippen LogP contribution is 2.21. The number of fused-ring (bicyclic) bond motifs is 1. The van der Waals surface area contributed by atoms with Gasteiger partial charge in [0.05, 0.1) is 31.2 Å². The number of hydrogen-bond acceptors (Lipinski definition) is 4. The number of ether oxygens (including phenoxy) is 2. The minimum absolute atomic E-state index is 0.00561. The van der Waals surface area contributed by atoms with Crippen molar-refractivity contribution in [2.24, 2.45) is 0 Å². The molecule has 3 aromatic carbocycles. The lowest BCUT2D eigenvalue weighted by Crippen LogP contribution is -2.26. The zero-order valence-electron chi connectivity index (χ0n) is 21.3. The van der Waals surface area contributed by atoms with E-state index in [2.05, 4.69) is 28.1 Å². The summed E-state index contributed by atoms with van der Waals surface area (Å²) >= 11 is 6.15. The number of benzene rings is 3. The van der Waals surface area contributed by atoms with Gasteiger partial charge >= 0.3 is 0 Å². The number of rotatable bonds is 14. The summed E-state index contributed by atoms with van der Waals surface area (Å²) in [6.07, 6.45) is 5.06. The number of hydrogen-bond donors (Lipinski definition) is 1. The van der Waals surface area contributed by atoms with Crippen molar-refractivity contribution in [3.63, 3.8) is 0 Å². The van der Waals surface area contributed by atoms with Crippen molar-refractivity contribution in [2.75, 3.05) is 20.3 Å². The number of nitrogens with one attached hydrogen (secondary N) is 1. The van der Waals surface area contributed by atoms with Crippen molar-refractivity contribution in [3.05, 3.63) is 89.2 Å². The molecule has 0 atom stereocenters. The van der Waals surface area contributed by atoms with E-state index >= 15 is 0 Å². The fourth-order valence-electron chi connectivity index (χ4n) is 4.36. The lowest BCUT2D eigenvalue weighted by atomic mass is 10.1. The first-order valence-corrected chi connectivity index (χ1v) is 13.2. The van der Waals surface area contributed by atoms with Gasteiger partial charge in [0.2, 0.25) is 5.91 Å². The molecule has 0 aliphatic rings. The molecular formula is C30H34ClN3O3. The normalized spacial score (nSPS) is 11.0. The van der Waals surface area contributed by atoms with E-state index in [1.54, 1.807) is 7.11 Å². The summed E-state index contributed by atoms with van der Waals surface area (Å²) in [5.41, 5.74) is 3.04. The number of methoxy groups -OCH3 is 1. The van der Waals surface area contributed by atoms with Crippen LogP contribution in [0, 0.1) is 0 Å². The Morgan fingerprint density at radius 3 is 2.62 bits per heavy atom.